The van der Waals surface area contributed by atoms with Gasteiger partial charge in [0, 0.05) is 0 Å². The van der Waals surface area contributed by atoms with E-state index >= 15 is 0 Å². The second-order valence-corrected chi connectivity index (χ2v) is 9.80. The van der Waals surface area contributed by atoms with E-state index in [1.165, 1.54) is 38.5 Å². The highest BCUT2D eigenvalue weighted by molar-refractivity contribution is 4.81. The van der Waals surface area contributed by atoms with E-state index in [9.17, 15) is 0 Å². The molecule has 6 unspecified atom stereocenters. The van der Waals surface area contributed by atoms with Gasteiger partial charge in [0.05, 0.1) is 0 Å². The first-order chi connectivity index (χ1) is 9.60. The lowest BCUT2D eigenvalue weighted by Gasteiger charge is -2.36. The van der Waals surface area contributed by atoms with Crippen LogP contribution in [0, 0.1) is 40.9 Å². The van der Waals surface area contributed by atoms with Crippen LogP contribution in [0.25, 0.3) is 0 Å². The van der Waals surface area contributed by atoms with E-state index in [4.69, 9.17) is 0 Å². The molecule has 1 aliphatic carbocycles. The molecular formula is C21H42. The first kappa shape index (κ1) is 19.0. The van der Waals surface area contributed by atoms with E-state index in [1.807, 2.05) is 0 Å². The van der Waals surface area contributed by atoms with E-state index in [0.29, 0.717) is 5.41 Å². The maximum atomic E-state index is 2.51. The first-order valence-electron chi connectivity index (χ1n) is 9.60. The van der Waals surface area contributed by atoms with Crippen molar-refractivity contribution in [3.8, 4) is 0 Å². The fourth-order valence-corrected chi connectivity index (χ4v) is 5.24. The molecule has 126 valence electrons. The summed E-state index contributed by atoms with van der Waals surface area (Å²) in [5.74, 6) is 5.30. The SMILES string of the molecule is CC1CC(C)CC(C)CC(C)C(C)(C)CC(C)CC(C)C1. The van der Waals surface area contributed by atoms with Crippen molar-refractivity contribution in [3.63, 3.8) is 0 Å². The van der Waals surface area contributed by atoms with Gasteiger partial charge in [0.2, 0.25) is 0 Å². The van der Waals surface area contributed by atoms with E-state index in [0.717, 1.165) is 35.5 Å². The Morgan fingerprint density at radius 1 is 0.524 bits per heavy atom. The largest absolute Gasteiger partial charge is 0.0625 e. The van der Waals surface area contributed by atoms with Crippen LogP contribution in [0.3, 0.4) is 0 Å². The second-order valence-electron chi connectivity index (χ2n) is 9.80. The van der Waals surface area contributed by atoms with Gasteiger partial charge in [-0.05, 0) is 79.4 Å². The lowest BCUT2D eigenvalue weighted by atomic mass is 9.69. The van der Waals surface area contributed by atoms with E-state index < -0.39 is 0 Å². The van der Waals surface area contributed by atoms with Crippen LogP contribution < -0.4 is 0 Å². The molecule has 1 aliphatic rings. The molecule has 1 saturated carbocycles. The molecule has 0 spiro atoms. The molecule has 0 amide bonds. The van der Waals surface area contributed by atoms with Crippen LogP contribution in [-0.4, -0.2) is 0 Å². The number of hydrogen-bond donors (Lipinski definition) is 0. The van der Waals surface area contributed by atoms with Crippen molar-refractivity contribution in [2.45, 2.75) is 93.9 Å². The minimum Gasteiger partial charge on any atom is -0.0625 e. The number of rotatable bonds is 0. The summed E-state index contributed by atoms with van der Waals surface area (Å²) in [4.78, 5) is 0. The highest BCUT2D eigenvalue weighted by Gasteiger charge is 2.30. The Labute approximate surface area is 135 Å². The summed E-state index contributed by atoms with van der Waals surface area (Å²) in [5, 5.41) is 0. The number of hydrogen-bond acceptors (Lipinski definition) is 0. The predicted octanol–water partition coefficient (Wildman–Crippen LogP) is 7.18. The van der Waals surface area contributed by atoms with Crippen LogP contribution in [0.1, 0.15) is 93.9 Å². The molecule has 0 heterocycles. The van der Waals surface area contributed by atoms with Gasteiger partial charge in [-0.3, -0.25) is 0 Å². The maximum absolute atomic E-state index is 2.51. The quantitative estimate of drug-likeness (QED) is 0.443. The Morgan fingerprint density at radius 2 is 0.857 bits per heavy atom. The summed E-state index contributed by atoms with van der Waals surface area (Å²) < 4.78 is 0. The highest BCUT2D eigenvalue weighted by Crippen LogP contribution is 2.41. The summed E-state index contributed by atoms with van der Waals surface area (Å²) in [6, 6.07) is 0. The minimum atomic E-state index is 0.496. The Bertz CT molecular complexity index is 290. The fourth-order valence-electron chi connectivity index (χ4n) is 5.24. The maximum Gasteiger partial charge on any atom is -0.0326 e. The van der Waals surface area contributed by atoms with Crippen molar-refractivity contribution in [2.75, 3.05) is 0 Å². The first-order valence-corrected chi connectivity index (χ1v) is 9.60. The molecule has 0 heteroatoms. The van der Waals surface area contributed by atoms with Crippen LogP contribution in [0.15, 0.2) is 0 Å². The second kappa shape index (κ2) is 8.02. The zero-order chi connectivity index (χ0) is 16.2. The molecular weight excluding hydrogens is 252 g/mol. The third-order valence-electron chi connectivity index (χ3n) is 6.18. The van der Waals surface area contributed by atoms with Crippen molar-refractivity contribution in [2.24, 2.45) is 40.9 Å². The molecule has 0 aromatic heterocycles. The molecule has 21 heavy (non-hydrogen) atoms. The van der Waals surface area contributed by atoms with Crippen molar-refractivity contribution in [1.82, 2.24) is 0 Å². The molecule has 1 fully saturated rings. The third kappa shape index (κ3) is 6.74. The van der Waals surface area contributed by atoms with E-state index in [2.05, 4.69) is 55.4 Å². The Kier molecular flexibility index (Phi) is 7.28. The Hall–Kier alpha value is 0. The molecule has 0 aromatic rings. The van der Waals surface area contributed by atoms with Gasteiger partial charge in [0.1, 0.15) is 0 Å². The lowest BCUT2D eigenvalue weighted by Crippen LogP contribution is -2.26. The molecule has 6 atom stereocenters. The monoisotopic (exact) mass is 294 g/mol. The zero-order valence-corrected chi connectivity index (χ0v) is 16.2. The zero-order valence-electron chi connectivity index (χ0n) is 16.2. The molecule has 0 N–H and O–H groups in total. The van der Waals surface area contributed by atoms with Gasteiger partial charge in [-0.1, -0.05) is 55.4 Å². The van der Waals surface area contributed by atoms with Gasteiger partial charge in [-0.2, -0.15) is 0 Å². The van der Waals surface area contributed by atoms with Crippen LogP contribution in [0.2, 0.25) is 0 Å². The van der Waals surface area contributed by atoms with E-state index in [-0.39, 0.29) is 0 Å². The third-order valence-corrected chi connectivity index (χ3v) is 6.18. The normalized spacial score (nSPS) is 43.4. The van der Waals surface area contributed by atoms with Gasteiger partial charge >= 0.3 is 0 Å². The summed E-state index contributed by atoms with van der Waals surface area (Å²) in [6.45, 7) is 19.9. The standard InChI is InChI=1S/C21H42/c1-15-9-16(2)11-18(4)13-20(6)21(7,8)14-19(5)12-17(3)10-15/h15-20H,9-14H2,1-8H3. The summed E-state index contributed by atoms with van der Waals surface area (Å²) in [5.41, 5.74) is 0.496. The molecule has 0 radical (unpaired) electrons. The van der Waals surface area contributed by atoms with Crippen molar-refractivity contribution in [3.05, 3.63) is 0 Å². The van der Waals surface area contributed by atoms with Crippen molar-refractivity contribution >= 4 is 0 Å². The summed E-state index contributed by atoms with van der Waals surface area (Å²) in [7, 11) is 0. The average molecular weight is 295 g/mol. The Morgan fingerprint density at radius 3 is 1.29 bits per heavy atom. The van der Waals surface area contributed by atoms with Gasteiger partial charge in [0.15, 0.2) is 0 Å². The Balaban J connectivity index is 2.81. The molecule has 0 nitrogen and oxygen atoms in total. The molecule has 0 aromatic carbocycles. The lowest BCUT2D eigenvalue weighted by molar-refractivity contribution is 0.142. The smallest absolute Gasteiger partial charge is 0.0326 e. The molecule has 0 bridgehead atoms. The van der Waals surface area contributed by atoms with Gasteiger partial charge < -0.3 is 0 Å². The van der Waals surface area contributed by atoms with Crippen LogP contribution >= 0.6 is 0 Å². The van der Waals surface area contributed by atoms with Gasteiger partial charge in [-0.25, -0.2) is 0 Å². The molecule has 1 rings (SSSR count). The minimum absolute atomic E-state index is 0.496. The van der Waals surface area contributed by atoms with Crippen molar-refractivity contribution < 1.29 is 0 Å². The molecule has 0 aliphatic heterocycles. The highest BCUT2D eigenvalue weighted by atomic mass is 14.4. The van der Waals surface area contributed by atoms with E-state index in [1.54, 1.807) is 0 Å². The van der Waals surface area contributed by atoms with Crippen molar-refractivity contribution in [1.29, 1.82) is 0 Å². The van der Waals surface area contributed by atoms with Gasteiger partial charge in [-0.15, -0.1) is 0 Å². The van der Waals surface area contributed by atoms with Gasteiger partial charge in [0.25, 0.3) is 0 Å². The topological polar surface area (TPSA) is 0 Å². The fraction of sp³-hybridized carbons (Fsp3) is 1.00. The average Bonchev–Trinajstić information content (AvgIpc) is 2.24. The van der Waals surface area contributed by atoms with Crippen LogP contribution in [0.5, 0.6) is 0 Å². The van der Waals surface area contributed by atoms with Crippen LogP contribution in [0.4, 0.5) is 0 Å². The summed E-state index contributed by atoms with van der Waals surface area (Å²) in [6.07, 6.45) is 8.52. The van der Waals surface area contributed by atoms with Crippen LogP contribution in [-0.2, 0) is 0 Å². The molecule has 0 saturated heterocycles. The predicted molar refractivity (Wildman–Crippen MR) is 96.5 cm³/mol. The summed E-state index contributed by atoms with van der Waals surface area (Å²) >= 11 is 0.